The number of piperazine rings is 1. The molecule has 0 amide bonds. The van der Waals surface area contributed by atoms with E-state index in [1.807, 2.05) is 11.8 Å². The van der Waals surface area contributed by atoms with Crippen molar-refractivity contribution in [3.05, 3.63) is 23.8 Å². The molecule has 1 saturated heterocycles. The number of benzene rings is 1. The number of hydrogen-bond acceptors (Lipinski definition) is 4. The average molecular weight is 324 g/mol. The minimum atomic E-state index is 0.507. The van der Waals surface area contributed by atoms with Crippen LogP contribution in [0, 0.1) is 0 Å². The van der Waals surface area contributed by atoms with E-state index in [2.05, 4.69) is 48.8 Å². The summed E-state index contributed by atoms with van der Waals surface area (Å²) in [7, 11) is 0. The zero-order valence-corrected chi connectivity index (χ0v) is 14.8. The first-order valence-electron chi connectivity index (χ1n) is 7.63. The zero-order chi connectivity index (χ0) is 15.4. The highest BCUT2D eigenvalue weighted by Crippen LogP contribution is 2.32. The molecule has 1 unspecified atom stereocenters. The molecule has 21 heavy (non-hydrogen) atoms. The molecule has 1 atom stereocenters. The van der Waals surface area contributed by atoms with Gasteiger partial charge in [0.2, 0.25) is 0 Å². The summed E-state index contributed by atoms with van der Waals surface area (Å²) in [6, 6.07) is 6.96. The fourth-order valence-electron chi connectivity index (χ4n) is 2.99. The van der Waals surface area contributed by atoms with Crippen molar-refractivity contribution in [3.8, 4) is 0 Å². The topological polar surface area (TPSA) is 32.5 Å². The second-order valence-corrected chi connectivity index (χ2v) is 7.12. The van der Waals surface area contributed by atoms with Crippen molar-refractivity contribution in [3.63, 3.8) is 0 Å². The second-order valence-electron chi connectivity index (χ2n) is 5.37. The molecule has 0 spiro atoms. The van der Waals surface area contributed by atoms with Crippen LogP contribution in [-0.4, -0.2) is 47.9 Å². The molecule has 5 heteroatoms. The Kier molecular flexibility index (Phi) is 5.90. The number of nitrogens with two attached hydrogens (primary N) is 1. The Hall–Kier alpha value is -0.780. The lowest BCUT2D eigenvalue weighted by Crippen LogP contribution is -2.52. The summed E-state index contributed by atoms with van der Waals surface area (Å²) in [4.78, 5) is 6.66. The predicted octanol–water partition coefficient (Wildman–Crippen LogP) is 2.96. The molecule has 1 aromatic rings. The van der Waals surface area contributed by atoms with Gasteiger partial charge in [0.05, 0.1) is 0 Å². The molecule has 1 heterocycles. The van der Waals surface area contributed by atoms with E-state index in [9.17, 15) is 0 Å². The molecule has 3 nitrogen and oxygen atoms in total. The Balaban J connectivity index is 2.31. The van der Waals surface area contributed by atoms with Gasteiger partial charge in [0.25, 0.3) is 0 Å². The van der Waals surface area contributed by atoms with E-state index in [1.165, 1.54) is 10.6 Å². The molecule has 2 rings (SSSR count). The van der Waals surface area contributed by atoms with Gasteiger partial charge in [-0.2, -0.15) is 0 Å². The van der Waals surface area contributed by atoms with Crippen LogP contribution in [0.1, 0.15) is 26.3 Å². The zero-order valence-electron chi connectivity index (χ0n) is 13.1. The summed E-state index contributed by atoms with van der Waals surface area (Å²) in [5.74, 6) is 1.03. The highest BCUT2D eigenvalue weighted by molar-refractivity contribution is 7.99. The summed E-state index contributed by atoms with van der Waals surface area (Å²) in [5.41, 5.74) is 8.27. The highest BCUT2D eigenvalue weighted by Gasteiger charge is 2.25. The molecule has 0 bridgehead atoms. The molecule has 1 aliphatic heterocycles. The molecule has 1 aliphatic rings. The molecular weight excluding hydrogens is 298 g/mol. The van der Waals surface area contributed by atoms with E-state index in [1.54, 1.807) is 0 Å². The number of thiocarbonyl (C=S) groups is 1. The normalized spacial score (nSPS) is 19.8. The number of rotatable bonds is 5. The first-order chi connectivity index (χ1) is 10.1. The number of likely N-dealkylation sites (N-methyl/N-ethyl adjacent to an activating group) is 1. The van der Waals surface area contributed by atoms with E-state index < -0.39 is 0 Å². The Labute approximate surface area is 137 Å². The van der Waals surface area contributed by atoms with Gasteiger partial charge >= 0.3 is 0 Å². The van der Waals surface area contributed by atoms with Gasteiger partial charge in [0.15, 0.2) is 0 Å². The lowest BCUT2D eigenvalue weighted by Gasteiger charge is -2.41. The maximum absolute atomic E-state index is 6.02. The average Bonchev–Trinajstić information content (AvgIpc) is 2.47. The van der Waals surface area contributed by atoms with Crippen molar-refractivity contribution in [2.24, 2.45) is 5.73 Å². The van der Waals surface area contributed by atoms with Crippen molar-refractivity contribution in [1.82, 2.24) is 4.90 Å². The third-order valence-electron chi connectivity index (χ3n) is 4.06. The van der Waals surface area contributed by atoms with Gasteiger partial charge < -0.3 is 10.6 Å². The standard InChI is InChI=1S/C16H25N3S2/c1-4-18-9-10-19(11-12(18)3)13-7-6-8-14(21-5-2)15(13)16(17)20/h6-8,12H,4-5,9-11H2,1-3H3,(H2,17,20). The first-order valence-corrected chi connectivity index (χ1v) is 9.02. The maximum atomic E-state index is 6.02. The maximum Gasteiger partial charge on any atom is 0.107 e. The summed E-state index contributed by atoms with van der Waals surface area (Å²) >= 11 is 7.13. The van der Waals surface area contributed by atoms with Crippen molar-refractivity contribution in [1.29, 1.82) is 0 Å². The minimum absolute atomic E-state index is 0.507. The first kappa shape index (κ1) is 16.6. The molecule has 0 radical (unpaired) electrons. The van der Waals surface area contributed by atoms with Gasteiger partial charge in [0, 0.05) is 41.8 Å². The van der Waals surface area contributed by atoms with Crippen LogP contribution < -0.4 is 10.6 Å². The van der Waals surface area contributed by atoms with Gasteiger partial charge in [-0.3, -0.25) is 4.90 Å². The van der Waals surface area contributed by atoms with Crippen LogP contribution in [-0.2, 0) is 0 Å². The largest absolute Gasteiger partial charge is 0.389 e. The van der Waals surface area contributed by atoms with Crippen LogP contribution >= 0.6 is 24.0 Å². The quantitative estimate of drug-likeness (QED) is 0.665. The molecule has 2 N–H and O–H groups in total. The van der Waals surface area contributed by atoms with Crippen molar-refractivity contribution >= 4 is 34.7 Å². The molecule has 1 fully saturated rings. The molecule has 1 aromatic carbocycles. The van der Waals surface area contributed by atoms with Crippen LogP contribution in [0.4, 0.5) is 5.69 Å². The van der Waals surface area contributed by atoms with Crippen LogP contribution in [0.25, 0.3) is 0 Å². The fraction of sp³-hybridized carbons (Fsp3) is 0.562. The van der Waals surface area contributed by atoms with E-state index >= 15 is 0 Å². The molecule has 0 saturated carbocycles. The van der Waals surface area contributed by atoms with Crippen LogP contribution in [0.3, 0.4) is 0 Å². The number of hydrogen-bond donors (Lipinski definition) is 1. The third kappa shape index (κ3) is 3.71. The molecule has 116 valence electrons. The fourth-order valence-corrected chi connectivity index (χ4v) is 4.11. The Morgan fingerprint density at radius 1 is 1.38 bits per heavy atom. The lowest BCUT2D eigenvalue weighted by atomic mass is 10.1. The monoisotopic (exact) mass is 323 g/mol. The summed E-state index contributed by atoms with van der Waals surface area (Å²) in [6.45, 7) is 11.0. The van der Waals surface area contributed by atoms with Crippen molar-refractivity contribution in [2.45, 2.75) is 31.7 Å². The smallest absolute Gasteiger partial charge is 0.107 e. The molecular formula is C16H25N3S2. The van der Waals surface area contributed by atoms with Crippen LogP contribution in [0.15, 0.2) is 23.1 Å². The summed E-state index contributed by atoms with van der Waals surface area (Å²) < 4.78 is 0. The van der Waals surface area contributed by atoms with Crippen LogP contribution in [0.5, 0.6) is 0 Å². The number of nitrogens with zero attached hydrogens (tertiary/aromatic N) is 2. The van der Waals surface area contributed by atoms with Gasteiger partial charge in [0.1, 0.15) is 4.99 Å². The van der Waals surface area contributed by atoms with Crippen molar-refractivity contribution in [2.75, 3.05) is 36.8 Å². The summed E-state index contributed by atoms with van der Waals surface area (Å²) in [6.07, 6.45) is 0. The van der Waals surface area contributed by atoms with E-state index in [0.29, 0.717) is 11.0 Å². The van der Waals surface area contributed by atoms with Gasteiger partial charge in [-0.1, -0.05) is 32.1 Å². The van der Waals surface area contributed by atoms with Gasteiger partial charge in [-0.25, -0.2) is 0 Å². The molecule has 0 aliphatic carbocycles. The Bertz CT molecular complexity index is 504. The summed E-state index contributed by atoms with van der Waals surface area (Å²) in [5, 5.41) is 0. The van der Waals surface area contributed by atoms with E-state index in [4.69, 9.17) is 18.0 Å². The highest BCUT2D eigenvalue weighted by atomic mass is 32.2. The minimum Gasteiger partial charge on any atom is -0.389 e. The number of thioether (sulfide) groups is 1. The molecule has 0 aromatic heterocycles. The lowest BCUT2D eigenvalue weighted by molar-refractivity contribution is 0.199. The Morgan fingerprint density at radius 2 is 2.14 bits per heavy atom. The van der Waals surface area contributed by atoms with Gasteiger partial charge in [-0.05, 0) is 31.4 Å². The third-order valence-corrected chi connectivity index (χ3v) is 5.21. The van der Waals surface area contributed by atoms with Crippen molar-refractivity contribution < 1.29 is 0 Å². The Morgan fingerprint density at radius 3 is 2.71 bits per heavy atom. The van der Waals surface area contributed by atoms with Gasteiger partial charge in [-0.15, -0.1) is 11.8 Å². The van der Waals surface area contributed by atoms with E-state index in [-0.39, 0.29) is 0 Å². The van der Waals surface area contributed by atoms with E-state index in [0.717, 1.165) is 37.5 Å². The van der Waals surface area contributed by atoms with Crippen LogP contribution in [0.2, 0.25) is 0 Å². The second kappa shape index (κ2) is 7.47. The predicted molar refractivity (Wildman–Crippen MR) is 97.6 cm³/mol. The SMILES string of the molecule is CCSc1cccc(N2CCN(CC)C(C)C2)c1C(N)=S. The number of anilines is 1.